The van der Waals surface area contributed by atoms with E-state index in [9.17, 15) is 4.79 Å². The summed E-state index contributed by atoms with van der Waals surface area (Å²) in [6.07, 6.45) is 7.10. The van der Waals surface area contributed by atoms with Crippen molar-refractivity contribution in [1.29, 1.82) is 0 Å². The molecule has 0 unspecified atom stereocenters. The Morgan fingerprint density at radius 1 is 1.16 bits per heavy atom. The zero-order valence-corrected chi connectivity index (χ0v) is 15.5. The zero-order chi connectivity index (χ0) is 17.7. The molecule has 3 saturated heterocycles. The molecule has 3 aliphatic heterocycles. The molecular formula is C19H32O6. The summed E-state index contributed by atoms with van der Waals surface area (Å²) in [6, 6.07) is 0. The van der Waals surface area contributed by atoms with Gasteiger partial charge in [-0.05, 0) is 25.7 Å². The van der Waals surface area contributed by atoms with Gasteiger partial charge in [-0.15, -0.1) is 0 Å². The molecule has 6 nitrogen and oxygen atoms in total. The number of fused-ring (bicyclic) bond motifs is 2. The Hall–Kier alpha value is -0.690. The molecule has 3 aliphatic rings. The maximum Gasteiger partial charge on any atom is 0.308 e. The van der Waals surface area contributed by atoms with Gasteiger partial charge in [0.05, 0.1) is 37.9 Å². The Kier molecular flexibility index (Phi) is 6.72. The Balaban J connectivity index is 1.70. The summed E-state index contributed by atoms with van der Waals surface area (Å²) in [7, 11) is 1.74. The number of hydrogen-bond acceptors (Lipinski definition) is 6. The van der Waals surface area contributed by atoms with Gasteiger partial charge in [-0.3, -0.25) is 4.79 Å². The minimum atomic E-state index is -0.568. The number of carbonyl (C=O) groups is 1. The van der Waals surface area contributed by atoms with Crippen LogP contribution in [0.1, 0.15) is 64.7 Å². The third-order valence-corrected chi connectivity index (χ3v) is 5.49. The van der Waals surface area contributed by atoms with Crippen LogP contribution in [-0.2, 0) is 28.5 Å². The summed E-state index contributed by atoms with van der Waals surface area (Å²) < 4.78 is 29.4. The van der Waals surface area contributed by atoms with E-state index in [4.69, 9.17) is 23.7 Å². The van der Waals surface area contributed by atoms with Gasteiger partial charge in [0, 0.05) is 26.4 Å². The second-order valence-electron chi connectivity index (χ2n) is 7.52. The maximum atomic E-state index is 12.5. The van der Waals surface area contributed by atoms with E-state index in [0.717, 1.165) is 44.9 Å². The molecule has 0 aromatic heterocycles. The van der Waals surface area contributed by atoms with Gasteiger partial charge in [0.25, 0.3) is 0 Å². The van der Waals surface area contributed by atoms with Crippen LogP contribution < -0.4 is 0 Å². The molecule has 0 aliphatic carbocycles. The molecule has 2 bridgehead atoms. The Morgan fingerprint density at radius 2 is 1.92 bits per heavy atom. The van der Waals surface area contributed by atoms with Gasteiger partial charge in [0.1, 0.15) is 6.10 Å². The molecule has 3 rings (SSSR count). The SMILES string of the molecule is CCC[C@H]1C[C@@H](OC)CCC[C@@H]2CC3(C[C@H](CC(=O)O1)O2)OCCO3. The standard InChI is InChI=1S/C19H32O6/c1-3-5-15-10-14(21-2)6-4-7-16-12-19(22-8-9-23-19)13-17(24-16)11-18(20)25-15/h14-17H,3-13H2,1-2H3/t14-,15-,16+,17-/m0/s1. The minimum absolute atomic E-state index is 0.0630. The third kappa shape index (κ3) is 5.16. The molecule has 3 fully saturated rings. The topological polar surface area (TPSA) is 63.2 Å². The normalized spacial score (nSPS) is 36.5. The van der Waals surface area contributed by atoms with Gasteiger partial charge in [0.2, 0.25) is 0 Å². The largest absolute Gasteiger partial charge is 0.462 e. The average molecular weight is 356 g/mol. The van der Waals surface area contributed by atoms with Crippen molar-refractivity contribution >= 4 is 5.97 Å². The van der Waals surface area contributed by atoms with E-state index in [-0.39, 0.29) is 36.8 Å². The van der Waals surface area contributed by atoms with Crippen LogP contribution in [0.2, 0.25) is 0 Å². The van der Waals surface area contributed by atoms with Crippen LogP contribution in [0.25, 0.3) is 0 Å². The van der Waals surface area contributed by atoms with E-state index in [1.165, 1.54) is 0 Å². The fraction of sp³-hybridized carbons (Fsp3) is 0.947. The highest BCUT2D eigenvalue weighted by Gasteiger charge is 2.46. The average Bonchev–Trinajstić information content (AvgIpc) is 3.00. The second-order valence-corrected chi connectivity index (χ2v) is 7.52. The Labute approximate surface area is 150 Å². The Bertz CT molecular complexity index is 434. The molecule has 25 heavy (non-hydrogen) atoms. The summed E-state index contributed by atoms with van der Waals surface area (Å²) in [5.41, 5.74) is 0. The van der Waals surface area contributed by atoms with Gasteiger partial charge >= 0.3 is 5.97 Å². The smallest absolute Gasteiger partial charge is 0.308 e. The van der Waals surface area contributed by atoms with E-state index in [1.807, 2.05) is 0 Å². The lowest BCUT2D eigenvalue weighted by atomic mass is 9.91. The number of rotatable bonds is 3. The van der Waals surface area contributed by atoms with Crippen LogP contribution in [0.4, 0.5) is 0 Å². The van der Waals surface area contributed by atoms with Crippen molar-refractivity contribution in [2.24, 2.45) is 0 Å². The summed E-state index contributed by atoms with van der Waals surface area (Å²) >= 11 is 0. The molecule has 0 N–H and O–H groups in total. The number of ether oxygens (including phenoxy) is 5. The van der Waals surface area contributed by atoms with Crippen LogP contribution in [0.15, 0.2) is 0 Å². The van der Waals surface area contributed by atoms with Crippen molar-refractivity contribution in [3.8, 4) is 0 Å². The predicted molar refractivity (Wildman–Crippen MR) is 91.2 cm³/mol. The van der Waals surface area contributed by atoms with Gasteiger partial charge in [-0.25, -0.2) is 0 Å². The molecule has 6 heteroatoms. The fourth-order valence-electron chi connectivity index (χ4n) is 4.33. The summed E-state index contributed by atoms with van der Waals surface area (Å²) in [5, 5.41) is 0. The number of hydrogen-bond donors (Lipinski definition) is 0. The summed E-state index contributed by atoms with van der Waals surface area (Å²) in [5.74, 6) is -0.755. The van der Waals surface area contributed by atoms with Crippen LogP contribution in [-0.4, -0.2) is 56.5 Å². The first-order chi connectivity index (χ1) is 12.1. The molecule has 4 atom stereocenters. The monoisotopic (exact) mass is 356 g/mol. The van der Waals surface area contributed by atoms with Gasteiger partial charge in [-0.1, -0.05) is 13.3 Å². The van der Waals surface area contributed by atoms with Crippen molar-refractivity contribution in [3.63, 3.8) is 0 Å². The van der Waals surface area contributed by atoms with Crippen LogP contribution in [0.5, 0.6) is 0 Å². The second kappa shape index (κ2) is 8.80. The maximum absolute atomic E-state index is 12.5. The highest BCUT2D eigenvalue weighted by Crippen LogP contribution is 2.39. The van der Waals surface area contributed by atoms with Crippen molar-refractivity contribution in [3.05, 3.63) is 0 Å². The predicted octanol–water partition coefficient (Wildman–Crippen LogP) is 2.97. The molecule has 0 aromatic rings. The number of cyclic esters (lactones) is 1. The lowest BCUT2D eigenvalue weighted by molar-refractivity contribution is -0.243. The quantitative estimate of drug-likeness (QED) is 0.725. The number of esters is 1. The lowest BCUT2D eigenvalue weighted by Gasteiger charge is -2.41. The third-order valence-electron chi connectivity index (χ3n) is 5.49. The first-order valence-corrected chi connectivity index (χ1v) is 9.78. The van der Waals surface area contributed by atoms with Gasteiger partial charge in [0.15, 0.2) is 5.79 Å². The first kappa shape index (κ1) is 19.1. The highest BCUT2D eigenvalue weighted by atomic mass is 16.7. The van der Waals surface area contributed by atoms with E-state index in [1.54, 1.807) is 7.11 Å². The fourth-order valence-corrected chi connectivity index (χ4v) is 4.33. The van der Waals surface area contributed by atoms with Crippen molar-refractivity contribution in [1.82, 2.24) is 0 Å². The summed E-state index contributed by atoms with van der Waals surface area (Å²) in [6.45, 7) is 3.35. The lowest BCUT2D eigenvalue weighted by Crippen LogP contribution is -2.47. The number of methoxy groups -OCH3 is 1. The highest BCUT2D eigenvalue weighted by molar-refractivity contribution is 5.70. The van der Waals surface area contributed by atoms with Crippen molar-refractivity contribution in [2.75, 3.05) is 20.3 Å². The van der Waals surface area contributed by atoms with Gasteiger partial charge < -0.3 is 23.7 Å². The van der Waals surface area contributed by atoms with E-state index in [2.05, 4.69) is 6.92 Å². The van der Waals surface area contributed by atoms with Crippen molar-refractivity contribution < 1.29 is 28.5 Å². The molecule has 0 amide bonds. The molecule has 3 heterocycles. The van der Waals surface area contributed by atoms with Gasteiger partial charge in [-0.2, -0.15) is 0 Å². The molecule has 0 aromatic carbocycles. The first-order valence-electron chi connectivity index (χ1n) is 9.78. The van der Waals surface area contributed by atoms with Crippen molar-refractivity contribution in [2.45, 2.75) is 94.9 Å². The minimum Gasteiger partial charge on any atom is -0.462 e. The number of carbonyl (C=O) groups excluding carboxylic acids is 1. The zero-order valence-electron chi connectivity index (χ0n) is 15.5. The van der Waals surface area contributed by atoms with E-state index >= 15 is 0 Å². The molecule has 0 saturated carbocycles. The molecule has 1 spiro atoms. The Morgan fingerprint density at radius 3 is 2.64 bits per heavy atom. The summed E-state index contributed by atoms with van der Waals surface area (Å²) in [4.78, 5) is 12.5. The van der Waals surface area contributed by atoms with Crippen LogP contribution >= 0.6 is 0 Å². The molecular weight excluding hydrogens is 324 g/mol. The van der Waals surface area contributed by atoms with Crippen LogP contribution in [0.3, 0.4) is 0 Å². The van der Waals surface area contributed by atoms with E-state index in [0.29, 0.717) is 19.6 Å². The van der Waals surface area contributed by atoms with E-state index < -0.39 is 5.79 Å². The molecule has 0 radical (unpaired) electrons. The van der Waals surface area contributed by atoms with Crippen LogP contribution in [0, 0.1) is 0 Å². The molecule has 144 valence electrons.